The quantitative estimate of drug-likeness (QED) is 0.722. The van der Waals surface area contributed by atoms with Crippen LogP contribution < -0.4 is 0 Å². The lowest BCUT2D eigenvalue weighted by atomic mass is 10.1. The van der Waals surface area contributed by atoms with Crippen LogP contribution in [-0.2, 0) is 9.59 Å². The molecule has 0 aliphatic carbocycles. The summed E-state index contributed by atoms with van der Waals surface area (Å²) >= 11 is 8.90. The molecule has 5 nitrogen and oxygen atoms in total. The minimum atomic E-state index is -0.710. The van der Waals surface area contributed by atoms with Crippen molar-refractivity contribution in [3.63, 3.8) is 0 Å². The fourth-order valence-corrected chi connectivity index (χ4v) is 3.91. The summed E-state index contributed by atoms with van der Waals surface area (Å²) in [5.41, 5.74) is 1.20. The van der Waals surface area contributed by atoms with Crippen LogP contribution in [0.5, 0.6) is 0 Å². The number of rotatable bonds is 7. The largest absolute Gasteiger partial charge is 0.339 e. The van der Waals surface area contributed by atoms with Gasteiger partial charge in [0.15, 0.2) is 10.2 Å². The van der Waals surface area contributed by atoms with E-state index >= 15 is 0 Å². The predicted octanol–water partition coefficient (Wildman–Crippen LogP) is 3.16. The van der Waals surface area contributed by atoms with Crippen molar-refractivity contribution in [2.45, 2.75) is 26.2 Å². The second kappa shape index (κ2) is 8.13. The number of carbonyl (C=O) groups is 3. The van der Waals surface area contributed by atoms with Crippen LogP contribution in [0, 0.1) is 0 Å². The van der Waals surface area contributed by atoms with E-state index < -0.39 is 11.0 Å². The molecule has 0 radical (unpaired) electrons. The van der Waals surface area contributed by atoms with Gasteiger partial charge >= 0.3 is 0 Å². The van der Waals surface area contributed by atoms with Gasteiger partial charge in [0, 0.05) is 25.1 Å². The molecule has 2 aromatic rings. The van der Waals surface area contributed by atoms with Gasteiger partial charge in [-0.15, -0.1) is 36.6 Å². The van der Waals surface area contributed by atoms with Crippen molar-refractivity contribution >= 4 is 62.9 Å². The Labute approximate surface area is 155 Å². The summed E-state index contributed by atoms with van der Waals surface area (Å²) in [5.74, 6) is -0.763. The van der Waals surface area contributed by atoms with Crippen LogP contribution in [0.1, 0.15) is 41.6 Å². The number of aromatic nitrogens is 1. The molecule has 0 aliphatic heterocycles. The lowest BCUT2D eigenvalue weighted by Gasteiger charge is -2.18. The number of amides is 1. The molecule has 0 bridgehead atoms. The van der Waals surface area contributed by atoms with Gasteiger partial charge in [-0.1, -0.05) is 0 Å². The normalized spacial score (nSPS) is 12.2. The Balaban J connectivity index is 2.39. The Bertz CT molecular complexity index is 784. The molecule has 8 heteroatoms. The molecule has 0 fully saturated rings. The van der Waals surface area contributed by atoms with Gasteiger partial charge in [-0.25, -0.2) is 4.98 Å². The van der Waals surface area contributed by atoms with E-state index in [-0.39, 0.29) is 17.4 Å². The van der Waals surface area contributed by atoms with Gasteiger partial charge in [0.25, 0.3) is 5.91 Å². The monoisotopic (exact) mass is 382 g/mol. The highest BCUT2D eigenvalue weighted by Crippen LogP contribution is 2.32. The first-order valence-corrected chi connectivity index (χ1v) is 9.22. The number of carbonyl (C=O) groups excluding carboxylic acids is 3. The molecule has 1 unspecified atom stereocenters. The Morgan fingerprint density at radius 1 is 1.21 bits per heavy atom. The van der Waals surface area contributed by atoms with Crippen LogP contribution >= 0.6 is 36.6 Å². The average molecular weight is 383 g/mol. The molecule has 24 heavy (non-hydrogen) atoms. The van der Waals surface area contributed by atoms with Crippen LogP contribution in [0.2, 0.25) is 0 Å². The minimum absolute atomic E-state index is 0.0451. The molecule has 0 saturated carbocycles. The molecule has 0 spiro atoms. The van der Waals surface area contributed by atoms with Crippen molar-refractivity contribution in [3.05, 3.63) is 28.8 Å². The lowest BCUT2D eigenvalue weighted by Crippen LogP contribution is -2.30. The van der Waals surface area contributed by atoms with Gasteiger partial charge in [0.1, 0.15) is 5.01 Å². The number of hydrogen-bond donors (Lipinski definition) is 2. The first-order chi connectivity index (χ1) is 11.4. The van der Waals surface area contributed by atoms with E-state index in [1.807, 2.05) is 19.9 Å². The summed E-state index contributed by atoms with van der Waals surface area (Å²) in [4.78, 5) is 41.5. The lowest BCUT2D eigenvalue weighted by molar-refractivity contribution is -0.116. The summed E-state index contributed by atoms with van der Waals surface area (Å²) in [5, 5.41) is -0.296. The zero-order valence-corrected chi connectivity index (χ0v) is 16.0. The van der Waals surface area contributed by atoms with E-state index in [2.05, 4.69) is 30.2 Å². The molecule has 1 atom stereocenters. The molecule has 128 valence electrons. The van der Waals surface area contributed by atoms with Crippen LogP contribution in [-0.4, -0.2) is 39.1 Å². The standard InChI is InChI=1S/C16H18N2O3S3/c1-3-18(4-2)15(20)9-5-6-12-11(7-9)17-14(24-12)10(16(21)23)8-13(19)22/h5-7,10H,3-4,8H2,1-2H3,(H,19,22)(H,21,23). The van der Waals surface area contributed by atoms with Gasteiger partial charge in [-0.2, -0.15) is 0 Å². The third-order valence-electron chi connectivity index (χ3n) is 3.68. The molecule has 2 rings (SSSR count). The fraction of sp³-hybridized carbons (Fsp3) is 0.375. The zero-order valence-electron chi connectivity index (χ0n) is 13.4. The topological polar surface area (TPSA) is 67.3 Å². The van der Waals surface area contributed by atoms with Gasteiger partial charge in [0.2, 0.25) is 0 Å². The van der Waals surface area contributed by atoms with Crippen molar-refractivity contribution < 1.29 is 14.4 Å². The molecule has 0 saturated heterocycles. The molecule has 1 aromatic heterocycles. The average Bonchev–Trinajstić information content (AvgIpc) is 2.95. The van der Waals surface area contributed by atoms with Crippen molar-refractivity contribution in [2.75, 3.05) is 13.1 Å². The highest BCUT2D eigenvalue weighted by molar-refractivity contribution is 7.97. The molecule has 1 heterocycles. The molecular weight excluding hydrogens is 364 g/mol. The second-order valence-electron chi connectivity index (χ2n) is 5.20. The summed E-state index contributed by atoms with van der Waals surface area (Å²) in [6, 6.07) is 5.29. The van der Waals surface area contributed by atoms with Crippen molar-refractivity contribution in [3.8, 4) is 0 Å². The summed E-state index contributed by atoms with van der Waals surface area (Å²) < 4.78 is 0.854. The Hall–Kier alpha value is -1.38. The van der Waals surface area contributed by atoms with E-state index in [4.69, 9.17) is 0 Å². The van der Waals surface area contributed by atoms with Crippen LogP contribution in [0.25, 0.3) is 10.2 Å². The van der Waals surface area contributed by atoms with E-state index in [0.29, 0.717) is 29.2 Å². The summed E-state index contributed by atoms with van der Waals surface area (Å²) in [6.07, 6.45) is -0.0451. The first-order valence-electron chi connectivity index (χ1n) is 7.51. The molecule has 0 aliphatic rings. The Morgan fingerprint density at radius 2 is 1.88 bits per heavy atom. The van der Waals surface area contributed by atoms with Crippen LogP contribution in [0.3, 0.4) is 0 Å². The number of benzene rings is 1. The van der Waals surface area contributed by atoms with Gasteiger partial charge in [-0.05, 0) is 32.0 Å². The van der Waals surface area contributed by atoms with E-state index in [9.17, 15) is 14.4 Å². The SMILES string of the molecule is CCN(CC)C(=O)c1ccc2sc(C(CC(=O)S)C(=O)S)nc2c1. The van der Waals surface area contributed by atoms with Crippen molar-refractivity contribution in [2.24, 2.45) is 0 Å². The molecule has 1 amide bonds. The smallest absolute Gasteiger partial charge is 0.253 e. The molecular formula is C16H18N2O3S3. The highest BCUT2D eigenvalue weighted by atomic mass is 32.1. The maximum absolute atomic E-state index is 12.4. The van der Waals surface area contributed by atoms with E-state index in [1.54, 1.807) is 17.0 Å². The zero-order chi connectivity index (χ0) is 17.9. The number of thiol groups is 2. The third-order valence-corrected chi connectivity index (χ3v) is 5.32. The second-order valence-corrected chi connectivity index (χ2v) is 7.20. The summed E-state index contributed by atoms with van der Waals surface area (Å²) in [6.45, 7) is 5.13. The first kappa shape index (κ1) is 19.0. The highest BCUT2D eigenvalue weighted by Gasteiger charge is 2.24. The number of nitrogens with zero attached hydrogens (tertiary/aromatic N) is 2. The maximum Gasteiger partial charge on any atom is 0.253 e. The Morgan fingerprint density at radius 3 is 2.42 bits per heavy atom. The van der Waals surface area contributed by atoms with Gasteiger partial charge in [-0.3, -0.25) is 14.4 Å². The fourth-order valence-electron chi connectivity index (χ4n) is 2.38. The molecule has 0 N–H and O–H groups in total. The van der Waals surface area contributed by atoms with E-state index in [1.165, 1.54) is 11.3 Å². The Kier molecular flexibility index (Phi) is 6.42. The number of hydrogen-bond acceptors (Lipinski definition) is 5. The van der Waals surface area contributed by atoms with Crippen molar-refractivity contribution in [1.82, 2.24) is 9.88 Å². The maximum atomic E-state index is 12.4. The third kappa shape index (κ3) is 4.17. The number of thiazole rings is 1. The summed E-state index contributed by atoms with van der Waals surface area (Å²) in [7, 11) is 0. The van der Waals surface area contributed by atoms with Crippen LogP contribution in [0.4, 0.5) is 0 Å². The van der Waals surface area contributed by atoms with E-state index in [0.717, 1.165) is 4.70 Å². The number of fused-ring (bicyclic) bond motifs is 1. The van der Waals surface area contributed by atoms with Crippen LogP contribution in [0.15, 0.2) is 18.2 Å². The predicted molar refractivity (Wildman–Crippen MR) is 102 cm³/mol. The van der Waals surface area contributed by atoms with Crippen molar-refractivity contribution in [1.29, 1.82) is 0 Å². The van der Waals surface area contributed by atoms with Gasteiger partial charge in [0.05, 0.1) is 16.1 Å². The minimum Gasteiger partial charge on any atom is -0.339 e. The molecule has 1 aromatic carbocycles. The van der Waals surface area contributed by atoms with Gasteiger partial charge < -0.3 is 4.90 Å².